The van der Waals surface area contributed by atoms with Crippen molar-refractivity contribution in [1.82, 2.24) is 14.7 Å². The number of hydrazine groups is 1. The Labute approximate surface area is 129 Å². The number of amides is 1. The average Bonchev–Trinajstić information content (AvgIpc) is 2.53. The molecule has 1 aromatic rings. The minimum absolute atomic E-state index is 0.0231. The summed E-state index contributed by atoms with van der Waals surface area (Å²) in [7, 11) is -0.0231. The summed E-state index contributed by atoms with van der Waals surface area (Å²) in [4.78, 5) is 15.8. The molecule has 21 heavy (non-hydrogen) atoms. The lowest BCUT2D eigenvalue weighted by atomic mass is 9.95. The fourth-order valence-electron chi connectivity index (χ4n) is 2.76. The van der Waals surface area contributed by atoms with Crippen molar-refractivity contribution < 1.29 is 4.79 Å². The van der Waals surface area contributed by atoms with Gasteiger partial charge in [0, 0.05) is 12.2 Å². The smallest absolute Gasteiger partial charge is 0.266 e. The number of hydrogen-bond acceptors (Lipinski definition) is 4. The van der Waals surface area contributed by atoms with Crippen LogP contribution < -0.4 is 11.3 Å². The lowest BCUT2D eigenvalue weighted by Crippen LogP contribution is -2.32. The molecule has 6 heteroatoms. The predicted molar refractivity (Wildman–Crippen MR) is 88.9 cm³/mol. The second-order valence-corrected chi connectivity index (χ2v) is 7.15. The Balaban J connectivity index is 2.06. The topological polar surface area (TPSA) is 71.2 Å². The second-order valence-electron chi connectivity index (χ2n) is 5.48. The van der Waals surface area contributed by atoms with E-state index in [2.05, 4.69) is 26.8 Å². The van der Waals surface area contributed by atoms with Crippen LogP contribution in [0.3, 0.4) is 0 Å². The van der Waals surface area contributed by atoms with E-state index in [1.54, 1.807) is 12.3 Å². The first-order valence-electron chi connectivity index (χ1n) is 7.30. The van der Waals surface area contributed by atoms with E-state index in [0.29, 0.717) is 11.6 Å². The lowest BCUT2D eigenvalue weighted by Gasteiger charge is -2.34. The first-order chi connectivity index (χ1) is 10.1. The van der Waals surface area contributed by atoms with Crippen LogP contribution >= 0.6 is 10.7 Å². The van der Waals surface area contributed by atoms with Crippen molar-refractivity contribution in [3.05, 3.63) is 29.6 Å². The first kappa shape index (κ1) is 16.1. The minimum Gasteiger partial charge on any atom is -0.290 e. The number of nitrogens with two attached hydrogens (primary N) is 1. The van der Waals surface area contributed by atoms with Gasteiger partial charge in [0.1, 0.15) is 0 Å². The fourth-order valence-corrected chi connectivity index (χ4v) is 3.83. The number of rotatable bonds is 5. The standard InChI is InChI=1S/C15H24N4OS/c1-21(2)19(14-6-4-3-5-7-14)11-13-9-8-12(10-17-13)15(20)18-16/h8-10,14H,1,3-7,11,16H2,2H3,(H,18,20). The molecule has 1 atom stereocenters. The van der Waals surface area contributed by atoms with Gasteiger partial charge < -0.3 is 0 Å². The van der Waals surface area contributed by atoms with Crippen LogP contribution in [0.5, 0.6) is 0 Å². The van der Waals surface area contributed by atoms with E-state index < -0.39 is 0 Å². The van der Waals surface area contributed by atoms with E-state index in [9.17, 15) is 4.79 Å². The number of nitrogens with zero attached hydrogens (tertiary/aromatic N) is 2. The Morgan fingerprint density at radius 1 is 1.48 bits per heavy atom. The molecule has 1 heterocycles. The van der Waals surface area contributed by atoms with E-state index in [-0.39, 0.29) is 16.6 Å². The molecule has 0 bridgehead atoms. The maximum absolute atomic E-state index is 11.4. The lowest BCUT2D eigenvalue weighted by molar-refractivity contribution is 0.0953. The Kier molecular flexibility index (Phi) is 5.90. The van der Waals surface area contributed by atoms with Crippen LogP contribution in [0.25, 0.3) is 0 Å². The van der Waals surface area contributed by atoms with Crippen LogP contribution in [0.2, 0.25) is 0 Å². The summed E-state index contributed by atoms with van der Waals surface area (Å²) in [6, 6.07) is 4.27. The normalized spacial score (nSPS) is 17.7. The molecule has 0 spiro atoms. The molecule has 2 rings (SSSR count). The van der Waals surface area contributed by atoms with Crippen molar-refractivity contribution in [3.63, 3.8) is 0 Å². The van der Waals surface area contributed by atoms with Gasteiger partial charge in [-0.05, 0) is 31.2 Å². The molecule has 1 aliphatic carbocycles. The van der Waals surface area contributed by atoms with E-state index in [1.807, 2.05) is 6.07 Å². The van der Waals surface area contributed by atoms with Gasteiger partial charge in [-0.15, -0.1) is 10.7 Å². The molecule has 1 amide bonds. The van der Waals surface area contributed by atoms with Crippen molar-refractivity contribution in [1.29, 1.82) is 0 Å². The second kappa shape index (κ2) is 7.68. The fraction of sp³-hybridized carbons (Fsp3) is 0.533. The summed E-state index contributed by atoms with van der Waals surface area (Å²) in [5, 5.41) is 0. The van der Waals surface area contributed by atoms with Crippen LogP contribution in [0.15, 0.2) is 18.3 Å². The molecule has 0 aromatic carbocycles. The van der Waals surface area contributed by atoms with Crippen molar-refractivity contribution in [3.8, 4) is 0 Å². The van der Waals surface area contributed by atoms with E-state index in [1.165, 1.54) is 32.1 Å². The first-order valence-corrected chi connectivity index (χ1v) is 9.06. The van der Waals surface area contributed by atoms with E-state index >= 15 is 0 Å². The van der Waals surface area contributed by atoms with Crippen LogP contribution in [0, 0.1) is 0 Å². The number of hydrogen-bond donors (Lipinski definition) is 2. The Morgan fingerprint density at radius 2 is 2.19 bits per heavy atom. The van der Waals surface area contributed by atoms with E-state index in [0.717, 1.165) is 12.2 Å². The zero-order valence-corrected chi connectivity index (χ0v) is 13.4. The van der Waals surface area contributed by atoms with Crippen molar-refractivity contribution >= 4 is 22.4 Å². The quantitative estimate of drug-likeness (QED) is 0.378. The molecule has 0 aliphatic heterocycles. The zero-order valence-electron chi connectivity index (χ0n) is 12.5. The van der Waals surface area contributed by atoms with Crippen molar-refractivity contribution in [2.45, 2.75) is 44.7 Å². The van der Waals surface area contributed by atoms with Gasteiger partial charge in [0.2, 0.25) is 0 Å². The molecule has 3 N–H and O–H groups in total. The van der Waals surface area contributed by atoms with Crippen molar-refractivity contribution in [2.24, 2.45) is 5.84 Å². The molecule has 1 fully saturated rings. The molecule has 116 valence electrons. The molecular weight excluding hydrogens is 284 g/mol. The molecule has 1 saturated carbocycles. The number of carbonyl (C=O) groups excluding carboxylic acids is 1. The summed E-state index contributed by atoms with van der Waals surface area (Å²) in [6.45, 7) is 0.790. The summed E-state index contributed by atoms with van der Waals surface area (Å²) < 4.78 is 2.45. The molecule has 1 aliphatic rings. The highest BCUT2D eigenvalue weighted by molar-refractivity contribution is 8.11. The van der Waals surface area contributed by atoms with Gasteiger partial charge in [-0.2, -0.15) is 0 Å². The van der Waals surface area contributed by atoms with E-state index in [4.69, 9.17) is 5.84 Å². The van der Waals surface area contributed by atoms with Gasteiger partial charge in [-0.3, -0.25) is 15.2 Å². The molecule has 1 unspecified atom stereocenters. The Morgan fingerprint density at radius 3 is 2.71 bits per heavy atom. The minimum atomic E-state index is -0.314. The number of aromatic nitrogens is 1. The highest BCUT2D eigenvalue weighted by Crippen LogP contribution is 2.30. The van der Waals surface area contributed by atoms with Gasteiger partial charge in [0.25, 0.3) is 5.91 Å². The van der Waals surface area contributed by atoms with Crippen LogP contribution in [-0.4, -0.2) is 33.4 Å². The largest absolute Gasteiger partial charge is 0.290 e. The summed E-state index contributed by atoms with van der Waals surface area (Å²) >= 11 is 0. The molecular formula is C15H24N4OS. The summed E-state index contributed by atoms with van der Waals surface area (Å²) in [5.74, 6) is 9.02. The maximum atomic E-state index is 11.4. The maximum Gasteiger partial charge on any atom is 0.266 e. The van der Waals surface area contributed by atoms with Gasteiger partial charge in [0.05, 0.1) is 17.8 Å². The number of pyridine rings is 1. The molecule has 5 nitrogen and oxygen atoms in total. The summed E-state index contributed by atoms with van der Waals surface area (Å²) in [5.41, 5.74) is 3.57. The Bertz CT molecular complexity index is 497. The molecule has 0 radical (unpaired) electrons. The van der Waals surface area contributed by atoms with Gasteiger partial charge >= 0.3 is 0 Å². The molecule has 0 saturated heterocycles. The third-order valence-electron chi connectivity index (χ3n) is 3.92. The number of nitrogens with one attached hydrogen (secondary N) is 1. The van der Waals surface area contributed by atoms with Crippen molar-refractivity contribution in [2.75, 3.05) is 6.26 Å². The highest BCUT2D eigenvalue weighted by Gasteiger charge is 2.22. The SMILES string of the molecule is C=S(C)N(Cc1ccc(C(=O)NN)cn1)C1CCCCC1. The van der Waals surface area contributed by atoms with Crippen LogP contribution in [0.1, 0.15) is 48.2 Å². The van der Waals surface area contributed by atoms with Crippen LogP contribution in [-0.2, 0) is 6.54 Å². The third kappa shape index (κ3) is 4.36. The molecule has 1 aromatic heterocycles. The Hall–Kier alpha value is -1.24. The zero-order chi connectivity index (χ0) is 15.2. The monoisotopic (exact) mass is 308 g/mol. The highest BCUT2D eigenvalue weighted by atomic mass is 32.2. The summed E-state index contributed by atoms with van der Waals surface area (Å²) in [6.07, 6.45) is 10.2. The predicted octanol–water partition coefficient (Wildman–Crippen LogP) is 2.07. The third-order valence-corrected chi connectivity index (χ3v) is 5.15. The number of nitrogen functional groups attached to an aromatic ring is 1. The number of carbonyl (C=O) groups is 1. The van der Waals surface area contributed by atoms with Gasteiger partial charge in [0.15, 0.2) is 0 Å². The van der Waals surface area contributed by atoms with Gasteiger partial charge in [-0.1, -0.05) is 25.1 Å². The van der Waals surface area contributed by atoms with Gasteiger partial charge in [-0.25, -0.2) is 10.1 Å². The van der Waals surface area contributed by atoms with Crippen LogP contribution in [0.4, 0.5) is 0 Å². The average molecular weight is 308 g/mol.